The fourth-order valence-electron chi connectivity index (χ4n) is 2.43. The molecule has 3 rings (SSSR count). The molecule has 5 heteroatoms. The molecular weight excluding hydrogens is 328 g/mol. The van der Waals surface area contributed by atoms with Crippen molar-refractivity contribution in [1.29, 1.82) is 0 Å². The first-order valence-corrected chi connectivity index (χ1v) is 7.88. The van der Waals surface area contributed by atoms with Crippen molar-refractivity contribution in [2.45, 2.75) is 6.92 Å². The molecule has 0 unspecified atom stereocenters. The average Bonchev–Trinajstić information content (AvgIpc) is 2.67. The molecule has 0 fully saturated rings. The second-order valence-electron chi connectivity index (χ2n) is 5.52. The van der Waals surface area contributed by atoms with Crippen molar-refractivity contribution in [3.8, 4) is 11.1 Å². The Morgan fingerprint density at radius 2 is 1.42 bits per heavy atom. The molecule has 3 N–H and O–H groups in total. The Morgan fingerprint density at radius 1 is 0.846 bits per heavy atom. The molecule has 0 radical (unpaired) electrons. The summed E-state index contributed by atoms with van der Waals surface area (Å²) in [7, 11) is 0. The molecule has 0 bridgehead atoms. The summed E-state index contributed by atoms with van der Waals surface area (Å²) in [6, 6.07) is 23.2. The lowest BCUT2D eigenvalue weighted by Crippen LogP contribution is -2.13. The van der Waals surface area contributed by atoms with E-state index in [1.54, 1.807) is 6.07 Å². The number of aryl methyl sites for hydroxylation is 1. The van der Waals surface area contributed by atoms with Crippen LogP contribution in [0.3, 0.4) is 0 Å². The Balaban J connectivity index is 0.000000758. The molecular formula is C21H18N2O3. The number of rotatable bonds is 3. The third kappa shape index (κ3) is 4.66. The SMILES string of the molecule is Cc1cccc(NC(=O)c2ccc(-c3ccccc3)cc2)c1N.O=C=O. The van der Waals surface area contributed by atoms with E-state index in [1.165, 1.54) is 0 Å². The third-order valence-corrected chi connectivity index (χ3v) is 3.83. The van der Waals surface area contributed by atoms with Crippen LogP contribution < -0.4 is 11.1 Å². The van der Waals surface area contributed by atoms with E-state index in [2.05, 4.69) is 5.32 Å². The first-order chi connectivity index (χ1) is 12.6. The van der Waals surface area contributed by atoms with Gasteiger partial charge in [-0.05, 0) is 41.8 Å². The molecule has 130 valence electrons. The van der Waals surface area contributed by atoms with Gasteiger partial charge >= 0.3 is 6.15 Å². The first kappa shape index (κ1) is 18.6. The van der Waals surface area contributed by atoms with Gasteiger partial charge in [0.1, 0.15) is 0 Å². The average molecular weight is 346 g/mol. The fourth-order valence-corrected chi connectivity index (χ4v) is 2.43. The zero-order valence-electron chi connectivity index (χ0n) is 14.2. The topological polar surface area (TPSA) is 89.3 Å². The van der Waals surface area contributed by atoms with Gasteiger partial charge in [-0.1, -0.05) is 54.6 Å². The van der Waals surface area contributed by atoms with Crippen molar-refractivity contribution in [2.24, 2.45) is 0 Å². The van der Waals surface area contributed by atoms with Gasteiger partial charge in [-0.3, -0.25) is 4.79 Å². The Hall–Kier alpha value is -3.69. The normalized spacial score (nSPS) is 9.42. The number of amides is 1. The van der Waals surface area contributed by atoms with Crippen molar-refractivity contribution in [2.75, 3.05) is 11.1 Å². The summed E-state index contributed by atoms with van der Waals surface area (Å²) < 4.78 is 0. The fraction of sp³-hybridized carbons (Fsp3) is 0.0476. The number of hydrogen-bond acceptors (Lipinski definition) is 4. The second kappa shape index (κ2) is 8.97. The van der Waals surface area contributed by atoms with Crippen LogP contribution in [-0.4, -0.2) is 12.1 Å². The van der Waals surface area contributed by atoms with E-state index in [1.807, 2.05) is 73.7 Å². The number of para-hydroxylation sites is 1. The monoisotopic (exact) mass is 346 g/mol. The number of benzene rings is 3. The molecule has 0 aliphatic heterocycles. The van der Waals surface area contributed by atoms with Crippen LogP contribution in [0.2, 0.25) is 0 Å². The van der Waals surface area contributed by atoms with Crippen molar-refractivity contribution >= 4 is 23.4 Å². The highest BCUT2D eigenvalue weighted by Crippen LogP contribution is 2.23. The number of nitrogen functional groups attached to an aromatic ring is 1. The number of hydrogen-bond donors (Lipinski definition) is 2. The van der Waals surface area contributed by atoms with Crippen LogP contribution in [-0.2, 0) is 9.59 Å². The maximum atomic E-state index is 12.4. The Labute approximate surface area is 151 Å². The molecule has 0 saturated carbocycles. The molecule has 3 aromatic carbocycles. The van der Waals surface area contributed by atoms with Crippen LogP contribution in [0.1, 0.15) is 15.9 Å². The molecule has 0 heterocycles. The highest BCUT2D eigenvalue weighted by molar-refractivity contribution is 6.06. The van der Waals surface area contributed by atoms with Gasteiger partial charge in [0, 0.05) is 5.56 Å². The van der Waals surface area contributed by atoms with E-state index in [-0.39, 0.29) is 12.1 Å². The summed E-state index contributed by atoms with van der Waals surface area (Å²) in [5.74, 6) is -0.165. The lowest BCUT2D eigenvalue weighted by Gasteiger charge is -2.10. The standard InChI is InChI=1S/C20H18N2O.CO2/c1-14-6-5-9-18(19(14)21)22-20(23)17-12-10-16(11-13-17)15-7-3-2-4-8-15;2-1-3/h2-13H,21H2,1H3,(H,22,23);. The third-order valence-electron chi connectivity index (χ3n) is 3.83. The van der Waals surface area contributed by atoms with Gasteiger partial charge in [-0.25, -0.2) is 0 Å². The molecule has 26 heavy (non-hydrogen) atoms. The maximum Gasteiger partial charge on any atom is 0.373 e. The Morgan fingerprint density at radius 3 is 2.04 bits per heavy atom. The zero-order chi connectivity index (χ0) is 18.9. The Bertz CT molecular complexity index is 914. The van der Waals surface area contributed by atoms with Gasteiger partial charge in [0.2, 0.25) is 0 Å². The number of nitrogens with one attached hydrogen (secondary N) is 1. The van der Waals surface area contributed by atoms with Crippen molar-refractivity contribution in [3.05, 3.63) is 83.9 Å². The molecule has 0 aliphatic rings. The van der Waals surface area contributed by atoms with Crippen LogP contribution >= 0.6 is 0 Å². The van der Waals surface area contributed by atoms with Gasteiger partial charge in [0.05, 0.1) is 11.4 Å². The smallest absolute Gasteiger partial charge is 0.373 e. The number of anilines is 2. The molecule has 3 aromatic rings. The maximum absolute atomic E-state index is 12.4. The van der Waals surface area contributed by atoms with E-state index < -0.39 is 0 Å². The summed E-state index contributed by atoms with van der Waals surface area (Å²) in [5.41, 5.74) is 11.0. The largest absolute Gasteiger partial charge is 0.397 e. The van der Waals surface area contributed by atoms with E-state index in [0.717, 1.165) is 16.7 Å². The van der Waals surface area contributed by atoms with E-state index in [4.69, 9.17) is 15.3 Å². The van der Waals surface area contributed by atoms with E-state index >= 15 is 0 Å². The number of nitrogens with two attached hydrogens (primary N) is 1. The lowest BCUT2D eigenvalue weighted by atomic mass is 10.0. The van der Waals surface area contributed by atoms with Crippen LogP contribution in [0.25, 0.3) is 11.1 Å². The second-order valence-corrected chi connectivity index (χ2v) is 5.52. The minimum absolute atomic E-state index is 0.165. The van der Waals surface area contributed by atoms with Gasteiger partial charge in [-0.15, -0.1) is 0 Å². The predicted molar refractivity (Wildman–Crippen MR) is 100 cm³/mol. The molecule has 0 saturated heterocycles. The summed E-state index contributed by atoms with van der Waals surface area (Å²) in [4.78, 5) is 28.6. The molecule has 0 aliphatic carbocycles. The molecule has 1 amide bonds. The highest BCUT2D eigenvalue weighted by atomic mass is 16.2. The number of carbonyl (C=O) groups is 1. The highest BCUT2D eigenvalue weighted by Gasteiger charge is 2.09. The molecule has 0 aromatic heterocycles. The van der Waals surface area contributed by atoms with Crippen LogP contribution in [0.5, 0.6) is 0 Å². The summed E-state index contributed by atoms with van der Waals surface area (Å²) in [6.07, 6.45) is 0.250. The Kier molecular flexibility index (Phi) is 6.43. The van der Waals surface area contributed by atoms with Crippen molar-refractivity contribution < 1.29 is 14.4 Å². The summed E-state index contributed by atoms with van der Waals surface area (Å²) in [6.45, 7) is 1.92. The van der Waals surface area contributed by atoms with E-state index in [9.17, 15) is 4.79 Å². The lowest BCUT2D eigenvalue weighted by molar-refractivity contribution is -0.191. The van der Waals surface area contributed by atoms with Crippen molar-refractivity contribution in [3.63, 3.8) is 0 Å². The first-order valence-electron chi connectivity index (χ1n) is 7.88. The van der Waals surface area contributed by atoms with Gasteiger partial charge in [0.15, 0.2) is 0 Å². The predicted octanol–water partition coefficient (Wildman–Crippen LogP) is 3.91. The zero-order valence-corrected chi connectivity index (χ0v) is 14.2. The summed E-state index contributed by atoms with van der Waals surface area (Å²) in [5, 5.41) is 2.86. The van der Waals surface area contributed by atoms with Crippen LogP contribution in [0.15, 0.2) is 72.8 Å². The van der Waals surface area contributed by atoms with Crippen LogP contribution in [0, 0.1) is 6.92 Å². The molecule has 0 spiro atoms. The van der Waals surface area contributed by atoms with E-state index in [0.29, 0.717) is 16.9 Å². The molecule has 5 nitrogen and oxygen atoms in total. The molecule has 0 atom stereocenters. The van der Waals surface area contributed by atoms with Gasteiger partial charge < -0.3 is 11.1 Å². The minimum Gasteiger partial charge on any atom is -0.397 e. The quantitative estimate of drug-likeness (QED) is 0.704. The van der Waals surface area contributed by atoms with Gasteiger partial charge in [-0.2, -0.15) is 9.59 Å². The summed E-state index contributed by atoms with van der Waals surface area (Å²) >= 11 is 0. The van der Waals surface area contributed by atoms with Gasteiger partial charge in [0.25, 0.3) is 5.91 Å². The van der Waals surface area contributed by atoms with Crippen LogP contribution in [0.4, 0.5) is 11.4 Å². The van der Waals surface area contributed by atoms with Crippen molar-refractivity contribution in [1.82, 2.24) is 0 Å². The number of carbonyl (C=O) groups excluding carboxylic acids is 3. The minimum atomic E-state index is -0.165.